The lowest BCUT2D eigenvalue weighted by Crippen LogP contribution is -2.33. The maximum absolute atomic E-state index is 4.33. The minimum Gasteiger partial charge on any atom is -0.311 e. The minimum atomic E-state index is 0.343. The molecule has 1 rings (SSSR count). The van der Waals surface area contributed by atoms with E-state index in [1.807, 2.05) is 6.20 Å². The Morgan fingerprint density at radius 1 is 1.41 bits per heavy atom. The Morgan fingerprint density at radius 2 is 2.12 bits per heavy atom. The Hall–Kier alpha value is -0.830. The van der Waals surface area contributed by atoms with E-state index in [9.17, 15) is 0 Å². The third kappa shape index (κ3) is 4.15. The maximum Gasteiger partial charge on any atom is 0.0522 e. The van der Waals surface area contributed by atoms with Crippen molar-refractivity contribution in [1.29, 1.82) is 0 Å². The highest BCUT2D eigenvalue weighted by molar-refractivity contribution is 5.00. The Balaban J connectivity index is 2.43. The van der Waals surface area contributed by atoms with Gasteiger partial charge < -0.3 is 5.32 Å². The molecule has 0 spiro atoms. The zero-order valence-corrected chi connectivity index (χ0v) is 12.0. The van der Waals surface area contributed by atoms with Gasteiger partial charge in [0.1, 0.15) is 0 Å². The Bertz CT molecular complexity index is 326. The molecular weight excluding hydrogens is 210 g/mol. The van der Waals surface area contributed by atoms with Crippen LogP contribution >= 0.6 is 0 Å². The third-order valence-corrected chi connectivity index (χ3v) is 3.69. The number of rotatable bonds is 7. The van der Waals surface area contributed by atoms with Gasteiger partial charge in [-0.05, 0) is 23.8 Å². The summed E-state index contributed by atoms with van der Waals surface area (Å²) in [5.74, 6) is 0.690. The third-order valence-electron chi connectivity index (χ3n) is 3.69. The van der Waals surface area contributed by atoms with E-state index in [1.165, 1.54) is 5.69 Å². The Morgan fingerprint density at radius 3 is 2.71 bits per heavy atom. The molecule has 0 aliphatic heterocycles. The highest BCUT2D eigenvalue weighted by atomic mass is 15.3. The fourth-order valence-corrected chi connectivity index (χ4v) is 1.64. The monoisotopic (exact) mass is 237 g/mol. The van der Waals surface area contributed by atoms with Crippen LogP contribution in [0.5, 0.6) is 0 Å². The largest absolute Gasteiger partial charge is 0.311 e. The summed E-state index contributed by atoms with van der Waals surface area (Å²) in [5, 5.41) is 7.88. The first-order chi connectivity index (χ1) is 7.97. The first-order valence-electron chi connectivity index (χ1n) is 6.68. The smallest absolute Gasteiger partial charge is 0.0522 e. The van der Waals surface area contributed by atoms with E-state index in [0.29, 0.717) is 11.3 Å². The molecule has 0 aliphatic carbocycles. The summed E-state index contributed by atoms with van der Waals surface area (Å²) in [6, 6.07) is 2.10. The van der Waals surface area contributed by atoms with E-state index in [4.69, 9.17) is 0 Å². The molecule has 0 bridgehead atoms. The molecule has 0 atom stereocenters. The predicted molar refractivity (Wildman–Crippen MR) is 72.8 cm³/mol. The van der Waals surface area contributed by atoms with Gasteiger partial charge in [0.25, 0.3) is 0 Å². The molecule has 0 aliphatic rings. The van der Waals surface area contributed by atoms with Crippen LogP contribution in [0.3, 0.4) is 0 Å². The predicted octanol–water partition coefficient (Wildman–Crippen LogP) is 3.06. The van der Waals surface area contributed by atoms with E-state index in [-0.39, 0.29) is 0 Å². The summed E-state index contributed by atoms with van der Waals surface area (Å²) in [6.45, 7) is 14.3. The molecular formula is C14H27N3. The first kappa shape index (κ1) is 14.2. The standard InChI is InChI=1S/C14H27N3/c1-6-9-17-13(7-8-16-17)10-15-11-14(4,5)12(2)3/h7-8,12,15H,6,9-11H2,1-5H3. The topological polar surface area (TPSA) is 29.9 Å². The van der Waals surface area contributed by atoms with Gasteiger partial charge >= 0.3 is 0 Å². The fraction of sp³-hybridized carbons (Fsp3) is 0.786. The molecule has 0 unspecified atom stereocenters. The summed E-state index contributed by atoms with van der Waals surface area (Å²) in [5.41, 5.74) is 1.63. The second kappa shape index (κ2) is 6.20. The van der Waals surface area contributed by atoms with Gasteiger partial charge in [-0.2, -0.15) is 5.10 Å². The van der Waals surface area contributed by atoms with Crippen molar-refractivity contribution in [3.8, 4) is 0 Å². The van der Waals surface area contributed by atoms with Gasteiger partial charge in [0, 0.05) is 25.8 Å². The van der Waals surface area contributed by atoms with Crippen molar-refractivity contribution in [2.45, 2.75) is 54.1 Å². The van der Waals surface area contributed by atoms with E-state index < -0.39 is 0 Å². The molecule has 0 saturated heterocycles. The lowest BCUT2D eigenvalue weighted by molar-refractivity contribution is 0.237. The lowest BCUT2D eigenvalue weighted by atomic mass is 9.81. The van der Waals surface area contributed by atoms with Gasteiger partial charge in [-0.25, -0.2) is 0 Å². The fourth-order valence-electron chi connectivity index (χ4n) is 1.64. The summed E-state index contributed by atoms with van der Waals surface area (Å²) in [4.78, 5) is 0. The number of aromatic nitrogens is 2. The zero-order valence-electron chi connectivity index (χ0n) is 12.0. The summed E-state index contributed by atoms with van der Waals surface area (Å²) in [6.07, 6.45) is 3.02. The number of aryl methyl sites for hydroxylation is 1. The van der Waals surface area contributed by atoms with Gasteiger partial charge in [-0.3, -0.25) is 4.68 Å². The van der Waals surface area contributed by atoms with Crippen LogP contribution in [0.15, 0.2) is 12.3 Å². The van der Waals surface area contributed by atoms with Crippen LogP contribution in [0.4, 0.5) is 0 Å². The van der Waals surface area contributed by atoms with Crippen molar-refractivity contribution in [3.63, 3.8) is 0 Å². The van der Waals surface area contributed by atoms with Crippen molar-refractivity contribution >= 4 is 0 Å². The molecule has 3 nitrogen and oxygen atoms in total. The second-order valence-electron chi connectivity index (χ2n) is 5.79. The van der Waals surface area contributed by atoms with Crippen LogP contribution in [-0.2, 0) is 13.1 Å². The molecule has 0 radical (unpaired) electrons. The number of nitrogens with one attached hydrogen (secondary N) is 1. The molecule has 0 saturated carbocycles. The van der Waals surface area contributed by atoms with Crippen LogP contribution in [0.2, 0.25) is 0 Å². The van der Waals surface area contributed by atoms with Gasteiger partial charge in [-0.1, -0.05) is 34.6 Å². The molecule has 0 amide bonds. The van der Waals surface area contributed by atoms with Crippen LogP contribution < -0.4 is 5.32 Å². The highest BCUT2D eigenvalue weighted by Crippen LogP contribution is 2.24. The van der Waals surface area contributed by atoms with Crippen molar-refractivity contribution in [2.24, 2.45) is 11.3 Å². The molecule has 3 heteroatoms. The molecule has 1 aromatic rings. The summed E-state index contributed by atoms with van der Waals surface area (Å²) in [7, 11) is 0. The average molecular weight is 237 g/mol. The second-order valence-corrected chi connectivity index (χ2v) is 5.79. The summed E-state index contributed by atoms with van der Waals surface area (Å²) >= 11 is 0. The van der Waals surface area contributed by atoms with Crippen molar-refractivity contribution in [3.05, 3.63) is 18.0 Å². The zero-order chi connectivity index (χ0) is 12.9. The van der Waals surface area contributed by atoms with Crippen LogP contribution in [-0.4, -0.2) is 16.3 Å². The molecule has 1 N–H and O–H groups in total. The van der Waals surface area contributed by atoms with Crippen molar-refractivity contribution in [2.75, 3.05) is 6.54 Å². The van der Waals surface area contributed by atoms with Gasteiger partial charge in [0.05, 0.1) is 5.69 Å². The molecule has 1 aromatic heterocycles. The van der Waals surface area contributed by atoms with E-state index in [1.54, 1.807) is 0 Å². The normalized spacial score (nSPS) is 12.4. The number of hydrogen-bond donors (Lipinski definition) is 1. The molecule has 0 aromatic carbocycles. The van der Waals surface area contributed by atoms with E-state index in [0.717, 1.165) is 26.1 Å². The SMILES string of the molecule is CCCn1nccc1CNCC(C)(C)C(C)C. The average Bonchev–Trinajstić information content (AvgIpc) is 2.66. The highest BCUT2D eigenvalue weighted by Gasteiger charge is 2.21. The Kier molecular flexibility index (Phi) is 5.19. The minimum absolute atomic E-state index is 0.343. The van der Waals surface area contributed by atoms with Gasteiger partial charge in [0.15, 0.2) is 0 Å². The quantitative estimate of drug-likeness (QED) is 0.790. The van der Waals surface area contributed by atoms with E-state index in [2.05, 4.69) is 55.8 Å². The van der Waals surface area contributed by atoms with Gasteiger partial charge in [0.2, 0.25) is 0 Å². The van der Waals surface area contributed by atoms with Crippen LogP contribution in [0.1, 0.15) is 46.7 Å². The van der Waals surface area contributed by atoms with Crippen LogP contribution in [0, 0.1) is 11.3 Å². The van der Waals surface area contributed by atoms with E-state index >= 15 is 0 Å². The van der Waals surface area contributed by atoms with Crippen molar-refractivity contribution < 1.29 is 0 Å². The number of hydrogen-bond acceptors (Lipinski definition) is 2. The first-order valence-corrected chi connectivity index (χ1v) is 6.68. The number of nitrogens with zero attached hydrogens (tertiary/aromatic N) is 2. The van der Waals surface area contributed by atoms with Crippen molar-refractivity contribution in [1.82, 2.24) is 15.1 Å². The van der Waals surface area contributed by atoms with Crippen LogP contribution in [0.25, 0.3) is 0 Å². The van der Waals surface area contributed by atoms with Gasteiger partial charge in [-0.15, -0.1) is 0 Å². The Labute approximate surface area is 106 Å². The lowest BCUT2D eigenvalue weighted by Gasteiger charge is -2.29. The molecule has 17 heavy (non-hydrogen) atoms. The molecule has 1 heterocycles. The molecule has 0 fully saturated rings. The summed E-state index contributed by atoms with van der Waals surface area (Å²) < 4.78 is 2.09. The maximum atomic E-state index is 4.33. The molecule has 98 valence electrons.